The van der Waals surface area contributed by atoms with E-state index in [0.717, 1.165) is 16.7 Å². The van der Waals surface area contributed by atoms with Crippen molar-refractivity contribution in [3.8, 4) is 11.5 Å². The number of hydrogen-bond donors (Lipinski definition) is 0. The molecule has 26 heavy (non-hydrogen) atoms. The van der Waals surface area contributed by atoms with Crippen LogP contribution in [0, 0.1) is 6.92 Å². The number of aliphatic imine (C=N–C) groups is 1. The second-order valence-electron chi connectivity index (χ2n) is 6.28. The zero-order valence-electron chi connectivity index (χ0n) is 15.3. The lowest BCUT2D eigenvalue weighted by atomic mass is 10.1. The zero-order valence-corrected chi connectivity index (χ0v) is 15.3. The molecule has 0 unspecified atom stereocenters. The number of benzene rings is 2. The third-order valence-electron chi connectivity index (χ3n) is 3.77. The van der Waals surface area contributed by atoms with Crippen molar-refractivity contribution in [1.82, 2.24) is 0 Å². The number of ether oxygens (including phenoxy) is 3. The van der Waals surface area contributed by atoms with Crippen molar-refractivity contribution in [1.29, 1.82) is 0 Å². The molecule has 0 aromatic heterocycles. The summed E-state index contributed by atoms with van der Waals surface area (Å²) in [6.07, 6.45) is 1.69. The van der Waals surface area contributed by atoms with Crippen molar-refractivity contribution < 1.29 is 19.0 Å². The molecule has 5 nitrogen and oxygen atoms in total. The van der Waals surface area contributed by atoms with Crippen LogP contribution in [0.5, 0.6) is 11.5 Å². The first-order chi connectivity index (χ1) is 12.5. The van der Waals surface area contributed by atoms with Gasteiger partial charge in [0.1, 0.15) is 0 Å². The fourth-order valence-corrected chi connectivity index (χ4v) is 2.52. The summed E-state index contributed by atoms with van der Waals surface area (Å²) in [5.74, 6) is 1.10. The highest BCUT2D eigenvalue weighted by molar-refractivity contribution is 6.12. The molecule has 0 atom stereocenters. The van der Waals surface area contributed by atoms with E-state index in [1.807, 2.05) is 57.2 Å². The quantitative estimate of drug-likeness (QED) is 0.600. The molecule has 0 radical (unpaired) electrons. The number of carbonyl (C=O) groups is 1. The van der Waals surface area contributed by atoms with E-state index in [9.17, 15) is 4.79 Å². The molecule has 0 spiro atoms. The minimum Gasteiger partial charge on any atom is -0.493 e. The Morgan fingerprint density at radius 2 is 1.81 bits per heavy atom. The third-order valence-corrected chi connectivity index (χ3v) is 3.77. The molecule has 1 heterocycles. The van der Waals surface area contributed by atoms with Crippen LogP contribution < -0.4 is 9.47 Å². The SMILES string of the molecule is COc1ccc(/C=C2\N=C(c3ccc(C)cc3)OC2=O)cc1OC(C)C. The monoisotopic (exact) mass is 351 g/mol. The summed E-state index contributed by atoms with van der Waals surface area (Å²) in [4.78, 5) is 16.5. The maximum atomic E-state index is 12.2. The van der Waals surface area contributed by atoms with Crippen molar-refractivity contribution in [3.05, 3.63) is 64.9 Å². The first kappa shape index (κ1) is 17.7. The van der Waals surface area contributed by atoms with Gasteiger partial charge in [-0.25, -0.2) is 9.79 Å². The van der Waals surface area contributed by atoms with Crippen molar-refractivity contribution >= 4 is 17.9 Å². The van der Waals surface area contributed by atoms with Gasteiger partial charge in [0.15, 0.2) is 17.2 Å². The Balaban J connectivity index is 1.91. The molecule has 1 aliphatic rings. The molecule has 1 aliphatic heterocycles. The number of carbonyl (C=O) groups excluding carboxylic acids is 1. The predicted octanol–water partition coefficient (Wildman–Crippen LogP) is 4.14. The normalized spacial score (nSPS) is 15.2. The highest BCUT2D eigenvalue weighted by Gasteiger charge is 2.24. The molecular formula is C21H21NO4. The molecule has 0 amide bonds. The van der Waals surface area contributed by atoms with Crippen LogP contribution in [0.3, 0.4) is 0 Å². The van der Waals surface area contributed by atoms with Gasteiger partial charge in [0, 0.05) is 5.56 Å². The van der Waals surface area contributed by atoms with Gasteiger partial charge in [-0.05, 0) is 56.7 Å². The van der Waals surface area contributed by atoms with Crippen LogP contribution in [0.15, 0.2) is 53.2 Å². The van der Waals surface area contributed by atoms with Gasteiger partial charge in [-0.3, -0.25) is 0 Å². The number of esters is 1. The van der Waals surface area contributed by atoms with E-state index < -0.39 is 5.97 Å². The number of hydrogen-bond acceptors (Lipinski definition) is 5. The van der Waals surface area contributed by atoms with Crippen LogP contribution in [0.1, 0.15) is 30.5 Å². The molecule has 0 bridgehead atoms. The van der Waals surface area contributed by atoms with Crippen LogP contribution in [0.25, 0.3) is 6.08 Å². The highest BCUT2D eigenvalue weighted by atomic mass is 16.6. The average Bonchev–Trinajstić information content (AvgIpc) is 2.96. The van der Waals surface area contributed by atoms with Gasteiger partial charge in [0.05, 0.1) is 13.2 Å². The van der Waals surface area contributed by atoms with Gasteiger partial charge in [0.25, 0.3) is 0 Å². The van der Waals surface area contributed by atoms with Crippen molar-refractivity contribution in [2.75, 3.05) is 7.11 Å². The standard InChI is InChI=1S/C21H21NO4/c1-13(2)25-19-12-15(7-10-18(19)24-4)11-17-21(23)26-20(22-17)16-8-5-14(3)6-9-16/h5-13H,1-4H3/b17-11-. The Hall–Kier alpha value is -3.08. The largest absolute Gasteiger partial charge is 0.493 e. The summed E-state index contributed by atoms with van der Waals surface area (Å²) >= 11 is 0. The minimum absolute atomic E-state index is 0.00871. The van der Waals surface area contributed by atoms with E-state index in [1.54, 1.807) is 19.3 Å². The van der Waals surface area contributed by atoms with Gasteiger partial charge in [-0.1, -0.05) is 23.8 Å². The molecule has 0 saturated carbocycles. The zero-order chi connectivity index (χ0) is 18.7. The molecule has 0 N–H and O–H groups in total. The molecule has 0 aliphatic carbocycles. The number of aryl methyl sites for hydroxylation is 1. The van der Waals surface area contributed by atoms with E-state index in [4.69, 9.17) is 14.2 Å². The predicted molar refractivity (Wildman–Crippen MR) is 101 cm³/mol. The second kappa shape index (κ2) is 7.44. The Morgan fingerprint density at radius 3 is 2.46 bits per heavy atom. The lowest BCUT2D eigenvalue weighted by Gasteiger charge is -2.13. The Morgan fingerprint density at radius 1 is 1.08 bits per heavy atom. The molecular weight excluding hydrogens is 330 g/mol. The molecule has 0 fully saturated rings. The summed E-state index contributed by atoms with van der Waals surface area (Å²) in [7, 11) is 1.59. The molecule has 2 aromatic rings. The Bertz CT molecular complexity index is 879. The number of rotatable bonds is 5. The summed E-state index contributed by atoms with van der Waals surface area (Å²) < 4.78 is 16.4. The average molecular weight is 351 g/mol. The lowest BCUT2D eigenvalue weighted by molar-refractivity contribution is -0.129. The fraction of sp³-hybridized carbons (Fsp3) is 0.238. The summed E-state index contributed by atoms with van der Waals surface area (Å²) in [5, 5.41) is 0. The van der Waals surface area contributed by atoms with Crippen LogP contribution in [-0.4, -0.2) is 25.1 Å². The maximum absolute atomic E-state index is 12.2. The van der Waals surface area contributed by atoms with E-state index in [-0.39, 0.29) is 11.8 Å². The third kappa shape index (κ3) is 3.94. The first-order valence-electron chi connectivity index (χ1n) is 8.40. The van der Waals surface area contributed by atoms with Crippen molar-refractivity contribution in [2.24, 2.45) is 4.99 Å². The highest BCUT2D eigenvalue weighted by Crippen LogP contribution is 2.30. The lowest BCUT2D eigenvalue weighted by Crippen LogP contribution is -2.07. The second-order valence-corrected chi connectivity index (χ2v) is 6.28. The number of cyclic esters (lactones) is 1. The fourth-order valence-electron chi connectivity index (χ4n) is 2.52. The molecule has 5 heteroatoms. The molecule has 2 aromatic carbocycles. The van der Waals surface area contributed by atoms with Gasteiger partial charge < -0.3 is 14.2 Å². The van der Waals surface area contributed by atoms with Crippen LogP contribution in [-0.2, 0) is 9.53 Å². The maximum Gasteiger partial charge on any atom is 0.363 e. The van der Waals surface area contributed by atoms with Crippen molar-refractivity contribution in [2.45, 2.75) is 26.9 Å². The van der Waals surface area contributed by atoms with E-state index in [2.05, 4.69) is 4.99 Å². The van der Waals surface area contributed by atoms with E-state index in [1.165, 1.54) is 0 Å². The smallest absolute Gasteiger partial charge is 0.363 e. The minimum atomic E-state index is -0.470. The summed E-state index contributed by atoms with van der Waals surface area (Å²) in [6.45, 7) is 5.88. The van der Waals surface area contributed by atoms with Crippen LogP contribution in [0.2, 0.25) is 0 Å². The van der Waals surface area contributed by atoms with E-state index >= 15 is 0 Å². The number of methoxy groups -OCH3 is 1. The van der Waals surface area contributed by atoms with Gasteiger partial charge in [0.2, 0.25) is 5.90 Å². The first-order valence-corrected chi connectivity index (χ1v) is 8.40. The molecule has 3 rings (SSSR count). The Kier molecular flexibility index (Phi) is 5.07. The topological polar surface area (TPSA) is 57.1 Å². The van der Waals surface area contributed by atoms with Crippen LogP contribution in [0.4, 0.5) is 0 Å². The van der Waals surface area contributed by atoms with Crippen LogP contribution >= 0.6 is 0 Å². The summed E-state index contributed by atoms with van der Waals surface area (Å²) in [6, 6.07) is 13.1. The number of nitrogens with zero attached hydrogens (tertiary/aromatic N) is 1. The Labute approximate surface area is 152 Å². The van der Waals surface area contributed by atoms with Gasteiger partial charge >= 0.3 is 5.97 Å². The summed E-state index contributed by atoms with van der Waals surface area (Å²) in [5.41, 5.74) is 2.93. The van der Waals surface area contributed by atoms with E-state index in [0.29, 0.717) is 17.4 Å². The molecule has 0 saturated heterocycles. The van der Waals surface area contributed by atoms with Gasteiger partial charge in [-0.2, -0.15) is 0 Å². The van der Waals surface area contributed by atoms with Gasteiger partial charge in [-0.15, -0.1) is 0 Å². The van der Waals surface area contributed by atoms with Crippen molar-refractivity contribution in [3.63, 3.8) is 0 Å². The molecule has 134 valence electrons.